The summed E-state index contributed by atoms with van der Waals surface area (Å²) in [6.45, 7) is 4.74. The number of amides is 1. The van der Waals surface area contributed by atoms with Crippen molar-refractivity contribution in [2.75, 3.05) is 12.3 Å². The number of hydrogen-bond donors (Lipinski definition) is 2. The van der Waals surface area contributed by atoms with Gasteiger partial charge in [0.25, 0.3) is 0 Å². The van der Waals surface area contributed by atoms with E-state index in [9.17, 15) is 4.79 Å². The van der Waals surface area contributed by atoms with Gasteiger partial charge >= 0.3 is 0 Å². The third kappa shape index (κ3) is 4.34. The molecule has 1 saturated carbocycles. The van der Waals surface area contributed by atoms with Crippen LogP contribution < -0.4 is 11.1 Å². The number of hydrogen-bond acceptors (Lipinski definition) is 3. The normalized spacial score (nSPS) is 26.7. The van der Waals surface area contributed by atoms with E-state index in [1.165, 1.54) is 12.2 Å². The smallest absolute Gasteiger partial charge is 0.223 e. The first kappa shape index (κ1) is 13.8. The van der Waals surface area contributed by atoms with Gasteiger partial charge in [0, 0.05) is 17.2 Å². The average molecular weight is 244 g/mol. The summed E-state index contributed by atoms with van der Waals surface area (Å²) in [6.07, 6.45) is 4.30. The van der Waals surface area contributed by atoms with Crippen molar-refractivity contribution in [2.45, 2.75) is 50.8 Å². The average Bonchev–Trinajstić information content (AvgIpc) is 2.66. The molecule has 0 radical (unpaired) electrons. The van der Waals surface area contributed by atoms with Crippen molar-refractivity contribution in [1.29, 1.82) is 0 Å². The summed E-state index contributed by atoms with van der Waals surface area (Å²) in [5.74, 6) is 1.41. The summed E-state index contributed by atoms with van der Waals surface area (Å²) in [4.78, 5) is 11.8. The monoisotopic (exact) mass is 244 g/mol. The van der Waals surface area contributed by atoms with Gasteiger partial charge in [0.2, 0.25) is 5.91 Å². The number of nitrogens with one attached hydrogen (secondary N) is 1. The minimum Gasteiger partial charge on any atom is -0.353 e. The van der Waals surface area contributed by atoms with Crippen LogP contribution in [0.3, 0.4) is 0 Å². The molecule has 1 fully saturated rings. The molecule has 16 heavy (non-hydrogen) atoms. The van der Waals surface area contributed by atoms with Gasteiger partial charge in [0.05, 0.1) is 0 Å². The molecule has 1 amide bonds. The molecule has 0 saturated heterocycles. The van der Waals surface area contributed by atoms with E-state index in [-0.39, 0.29) is 11.8 Å². The largest absolute Gasteiger partial charge is 0.353 e. The molecule has 0 aromatic heterocycles. The molecule has 1 aliphatic rings. The zero-order valence-electron chi connectivity index (χ0n) is 10.4. The molecule has 94 valence electrons. The zero-order valence-corrected chi connectivity index (χ0v) is 11.2. The van der Waals surface area contributed by atoms with Crippen molar-refractivity contribution in [3.8, 4) is 0 Å². The molecule has 4 heteroatoms. The molecule has 3 unspecified atom stereocenters. The van der Waals surface area contributed by atoms with Gasteiger partial charge in [-0.3, -0.25) is 4.79 Å². The van der Waals surface area contributed by atoms with E-state index >= 15 is 0 Å². The summed E-state index contributed by atoms with van der Waals surface area (Å²) in [7, 11) is 0. The molecule has 0 spiro atoms. The SMILES string of the molecule is CCSC1CCC(NC(=O)C(C)CCN)C1. The Kier molecular flexibility index (Phi) is 6.21. The number of carbonyl (C=O) groups excluding carboxylic acids is 1. The Balaban J connectivity index is 2.25. The van der Waals surface area contributed by atoms with Crippen LogP contribution in [0.25, 0.3) is 0 Å². The lowest BCUT2D eigenvalue weighted by molar-refractivity contribution is -0.125. The second-order valence-electron chi connectivity index (χ2n) is 4.57. The van der Waals surface area contributed by atoms with Crippen LogP contribution in [0.5, 0.6) is 0 Å². The fraction of sp³-hybridized carbons (Fsp3) is 0.917. The predicted octanol–water partition coefficient (Wildman–Crippen LogP) is 1.76. The summed E-state index contributed by atoms with van der Waals surface area (Å²) in [5.41, 5.74) is 5.45. The van der Waals surface area contributed by atoms with Crippen LogP contribution in [0.15, 0.2) is 0 Å². The first-order chi connectivity index (χ1) is 7.67. The van der Waals surface area contributed by atoms with Gasteiger partial charge < -0.3 is 11.1 Å². The first-order valence-electron chi connectivity index (χ1n) is 6.29. The highest BCUT2D eigenvalue weighted by Gasteiger charge is 2.26. The lowest BCUT2D eigenvalue weighted by Crippen LogP contribution is -2.37. The Labute approximate surface area is 103 Å². The Morgan fingerprint density at radius 1 is 1.56 bits per heavy atom. The zero-order chi connectivity index (χ0) is 12.0. The molecule has 3 nitrogen and oxygen atoms in total. The van der Waals surface area contributed by atoms with Gasteiger partial charge in [-0.25, -0.2) is 0 Å². The molecule has 0 aromatic rings. The van der Waals surface area contributed by atoms with E-state index in [0.717, 1.165) is 24.5 Å². The van der Waals surface area contributed by atoms with E-state index in [1.807, 2.05) is 18.7 Å². The van der Waals surface area contributed by atoms with Gasteiger partial charge in [-0.15, -0.1) is 0 Å². The van der Waals surface area contributed by atoms with Crippen LogP contribution in [0.2, 0.25) is 0 Å². The molecule has 0 aliphatic heterocycles. The van der Waals surface area contributed by atoms with Crippen molar-refractivity contribution in [1.82, 2.24) is 5.32 Å². The summed E-state index contributed by atoms with van der Waals surface area (Å²) in [6, 6.07) is 0.400. The van der Waals surface area contributed by atoms with E-state index in [1.54, 1.807) is 0 Å². The quantitative estimate of drug-likeness (QED) is 0.748. The van der Waals surface area contributed by atoms with Crippen LogP contribution >= 0.6 is 11.8 Å². The fourth-order valence-electron chi connectivity index (χ4n) is 2.18. The highest BCUT2D eigenvalue weighted by molar-refractivity contribution is 7.99. The second kappa shape index (κ2) is 7.17. The van der Waals surface area contributed by atoms with Gasteiger partial charge in [-0.2, -0.15) is 11.8 Å². The standard InChI is InChI=1S/C12H24N2OS/c1-3-16-11-5-4-10(8-11)14-12(15)9(2)6-7-13/h9-11H,3-8,13H2,1-2H3,(H,14,15). The van der Waals surface area contributed by atoms with Crippen LogP contribution in [0.4, 0.5) is 0 Å². The van der Waals surface area contributed by atoms with Crippen molar-refractivity contribution in [2.24, 2.45) is 11.7 Å². The van der Waals surface area contributed by atoms with Crippen molar-refractivity contribution in [3.63, 3.8) is 0 Å². The molecular weight excluding hydrogens is 220 g/mol. The molecule has 1 rings (SSSR count). The Hall–Kier alpha value is -0.220. The Morgan fingerprint density at radius 3 is 2.94 bits per heavy atom. The number of nitrogens with two attached hydrogens (primary N) is 1. The Bertz CT molecular complexity index is 223. The molecule has 3 atom stereocenters. The third-order valence-electron chi connectivity index (χ3n) is 3.18. The third-order valence-corrected chi connectivity index (χ3v) is 4.41. The van der Waals surface area contributed by atoms with Crippen LogP contribution in [0, 0.1) is 5.92 Å². The lowest BCUT2D eigenvalue weighted by Gasteiger charge is -2.16. The second-order valence-corrected chi connectivity index (χ2v) is 6.15. The molecule has 3 N–H and O–H groups in total. The number of carbonyl (C=O) groups is 1. The van der Waals surface area contributed by atoms with Gasteiger partial charge in [-0.05, 0) is 38.0 Å². The maximum Gasteiger partial charge on any atom is 0.223 e. The summed E-state index contributed by atoms with van der Waals surface area (Å²) < 4.78 is 0. The van der Waals surface area contributed by atoms with E-state index in [4.69, 9.17) is 5.73 Å². The molecule has 1 aliphatic carbocycles. The topological polar surface area (TPSA) is 55.1 Å². The van der Waals surface area contributed by atoms with E-state index in [0.29, 0.717) is 12.6 Å². The van der Waals surface area contributed by atoms with E-state index < -0.39 is 0 Å². The highest BCUT2D eigenvalue weighted by Crippen LogP contribution is 2.29. The summed E-state index contributed by atoms with van der Waals surface area (Å²) in [5, 5.41) is 3.89. The molecular formula is C12H24N2OS. The van der Waals surface area contributed by atoms with Gasteiger partial charge in [0.1, 0.15) is 0 Å². The van der Waals surface area contributed by atoms with Crippen LogP contribution in [0.1, 0.15) is 39.5 Å². The van der Waals surface area contributed by atoms with Crippen molar-refractivity contribution < 1.29 is 4.79 Å². The molecule has 0 aromatic carbocycles. The van der Waals surface area contributed by atoms with E-state index in [2.05, 4.69) is 12.2 Å². The van der Waals surface area contributed by atoms with Crippen LogP contribution in [-0.4, -0.2) is 29.5 Å². The molecule has 0 heterocycles. The van der Waals surface area contributed by atoms with Crippen molar-refractivity contribution in [3.05, 3.63) is 0 Å². The minimum absolute atomic E-state index is 0.0582. The molecule has 0 bridgehead atoms. The van der Waals surface area contributed by atoms with Gasteiger partial charge in [0.15, 0.2) is 0 Å². The fourth-order valence-corrected chi connectivity index (χ4v) is 3.33. The van der Waals surface area contributed by atoms with Crippen LogP contribution in [-0.2, 0) is 4.79 Å². The van der Waals surface area contributed by atoms with Crippen molar-refractivity contribution >= 4 is 17.7 Å². The maximum atomic E-state index is 11.8. The number of thioether (sulfide) groups is 1. The highest BCUT2D eigenvalue weighted by atomic mass is 32.2. The first-order valence-corrected chi connectivity index (χ1v) is 7.34. The maximum absolute atomic E-state index is 11.8. The number of rotatable bonds is 6. The predicted molar refractivity (Wildman–Crippen MR) is 70.5 cm³/mol. The minimum atomic E-state index is 0.0582. The lowest BCUT2D eigenvalue weighted by atomic mass is 10.1. The summed E-state index contributed by atoms with van der Waals surface area (Å²) >= 11 is 2.02. The Morgan fingerprint density at radius 2 is 2.31 bits per heavy atom. The van der Waals surface area contributed by atoms with Gasteiger partial charge in [-0.1, -0.05) is 13.8 Å².